The molecule has 2 amide bonds. The van der Waals surface area contributed by atoms with Gasteiger partial charge in [0, 0.05) is 12.1 Å². The highest BCUT2D eigenvalue weighted by atomic mass is 35.5. The zero-order valence-electron chi connectivity index (χ0n) is 22.8. The van der Waals surface area contributed by atoms with Crippen LogP contribution < -0.4 is 20.3 Å². The van der Waals surface area contributed by atoms with Crippen molar-refractivity contribution in [3.8, 4) is 11.1 Å². The van der Waals surface area contributed by atoms with Crippen LogP contribution in [0.5, 0.6) is 0 Å². The first-order chi connectivity index (χ1) is 19.8. The number of hydrogen-bond donors (Lipinski definition) is 3. The van der Waals surface area contributed by atoms with Crippen LogP contribution in [-0.2, 0) is 19.6 Å². The summed E-state index contributed by atoms with van der Waals surface area (Å²) in [6.07, 6.45) is 2.91. The summed E-state index contributed by atoms with van der Waals surface area (Å²) >= 11 is 12.3. The van der Waals surface area contributed by atoms with Crippen LogP contribution in [0, 0.1) is 5.92 Å². The molecule has 42 heavy (non-hydrogen) atoms. The number of amides is 2. The Morgan fingerprint density at radius 3 is 2.31 bits per heavy atom. The molecule has 12 heteroatoms. The summed E-state index contributed by atoms with van der Waals surface area (Å²) < 4.78 is 29.6. The van der Waals surface area contributed by atoms with Crippen molar-refractivity contribution in [2.24, 2.45) is 5.92 Å². The summed E-state index contributed by atoms with van der Waals surface area (Å²) in [7, 11) is -4.18. The standard InChI is InChI=1S/C30H32Cl2N4O4S.ClH/c31-25-10-9-21(17-26(25)32)41(39,40)36-27-8-4-3-6-23(27)22-5-1-2-7-24(22)28(36)18-29(37)35-19-30(38)34-16-13-20-11-14-33-15-12-20;/h1-10,17,20,28,33H,11-16,18-19H2,(H,34,38)(H,35,37);1H. The SMILES string of the molecule is Cl.O=C(CNC(=O)CC1c2ccccc2-c2ccccc2N1S(=O)(=O)c1ccc(Cl)c(Cl)c1)NCCC1CCNCC1. The van der Waals surface area contributed by atoms with Crippen LogP contribution in [0.1, 0.15) is 37.3 Å². The van der Waals surface area contributed by atoms with Gasteiger partial charge in [-0.05, 0) is 73.7 Å². The van der Waals surface area contributed by atoms with E-state index >= 15 is 0 Å². The van der Waals surface area contributed by atoms with Crippen LogP contribution in [-0.4, -0.2) is 46.4 Å². The number of rotatable bonds is 9. The number of fused-ring (bicyclic) bond motifs is 3. The molecule has 0 radical (unpaired) electrons. The van der Waals surface area contributed by atoms with Gasteiger partial charge in [-0.2, -0.15) is 0 Å². The molecule has 2 aliphatic heterocycles. The predicted octanol–water partition coefficient (Wildman–Crippen LogP) is 5.34. The second-order valence-electron chi connectivity index (χ2n) is 10.3. The van der Waals surface area contributed by atoms with Crippen molar-refractivity contribution in [2.75, 3.05) is 30.5 Å². The monoisotopic (exact) mass is 650 g/mol. The van der Waals surface area contributed by atoms with Crippen molar-refractivity contribution in [1.29, 1.82) is 0 Å². The van der Waals surface area contributed by atoms with Crippen molar-refractivity contribution in [3.63, 3.8) is 0 Å². The van der Waals surface area contributed by atoms with Gasteiger partial charge in [-0.25, -0.2) is 8.42 Å². The Morgan fingerprint density at radius 2 is 1.57 bits per heavy atom. The Morgan fingerprint density at radius 1 is 0.881 bits per heavy atom. The molecular formula is C30H33Cl3N4O4S. The van der Waals surface area contributed by atoms with E-state index in [-0.39, 0.29) is 46.2 Å². The van der Waals surface area contributed by atoms with Gasteiger partial charge in [-0.1, -0.05) is 65.7 Å². The Hall–Kier alpha value is -2.82. The van der Waals surface area contributed by atoms with Crippen LogP contribution in [0.2, 0.25) is 10.0 Å². The van der Waals surface area contributed by atoms with Gasteiger partial charge < -0.3 is 16.0 Å². The molecule has 0 spiro atoms. The van der Waals surface area contributed by atoms with Crippen LogP contribution in [0.15, 0.2) is 71.6 Å². The first-order valence-corrected chi connectivity index (χ1v) is 15.9. The van der Waals surface area contributed by atoms with Gasteiger partial charge in [0.25, 0.3) is 10.0 Å². The molecule has 2 aliphatic rings. The second-order valence-corrected chi connectivity index (χ2v) is 12.9. The molecule has 1 atom stereocenters. The molecule has 1 unspecified atom stereocenters. The van der Waals surface area contributed by atoms with Crippen molar-refractivity contribution < 1.29 is 18.0 Å². The molecule has 0 saturated carbocycles. The minimum absolute atomic E-state index is 0. The number of anilines is 1. The number of carbonyl (C=O) groups is 2. The fourth-order valence-electron chi connectivity index (χ4n) is 5.54. The number of halogens is 3. The van der Waals surface area contributed by atoms with E-state index in [9.17, 15) is 18.0 Å². The van der Waals surface area contributed by atoms with E-state index in [4.69, 9.17) is 23.2 Å². The number of para-hydroxylation sites is 1. The van der Waals surface area contributed by atoms with Crippen LogP contribution in [0.3, 0.4) is 0 Å². The molecule has 1 saturated heterocycles. The average Bonchev–Trinajstić information content (AvgIpc) is 2.98. The maximum atomic E-state index is 14.2. The van der Waals surface area contributed by atoms with Crippen molar-refractivity contribution >= 4 is 63.1 Å². The van der Waals surface area contributed by atoms with Crippen molar-refractivity contribution in [3.05, 3.63) is 82.3 Å². The highest BCUT2D eigenvalue weighted by Gasteiger charge is 2.40. The molecule has 3 aromatic rings. The van der Waals surface area contributed by atoms with Gasteiger partial charge in [0.15, 0.2) is 0 Å². The van der Waals surface area contributed by atoms with Gasteiger partial charge in [-0.15, -0.1) is 12.4 Å². The zero-order valence-corrected chi connectivity index (χ0v) is 26.0. The number of sulfonamides is 1. The van der Waals surface area contributed by atoms with Crippen LogP contribution in [0.25, 0.3) is 11.1 Å². The molecular weight excluding hydrogens is 619 g/mol. The maximum Gasteiger partial charge on any atom is 0.264 e. The number of nitrogens with zero attached hydrogens (tertiary/aromatic N) is 1. The first-order valence-electron chi connectivity index (χ1n) is 13.7. The quantitative estimate of drug-likeness (QED) is 0.290. The van der Waals surface area contributed by atoms with E-state index < -0.39 is 22.0 Å². The van der Waals surface area contributed by atoms with E-state index in [1.54, 1.807) is 12.1 Å². The molecule has 2 heterocycles. The molecule has 3 N–H and O–H groups in total. The van der Waals surface area contributed by atoms with Gasteiger partial charge >= 0.3 is 0 Å². The molecule has 0 bridgehead atoms. The smallest absolute Gasteiger partial charge is 0.264 e. The number of carbonyl (C=O) groups excluding carboxylic acids is 2. The topological polar surface area (TPSA) is 108 Å². The Labute approximate surface area is 262 Å². The third-order valence-corrected chi connectivity index (χ3v) is 10.2. The Bertz CT molecular complexity index is 1550. The largest absolute Gasteiger partial charge is 0.355 e. The lowest BCUT2D eigenvalue weighted by Crippen LogP contribution is -2.42. The second kappa shape index (κ2) is 14.1. The number of piperidine rings is 1. The minimum atomic E-state index is -4.18. The van der Waals surface area contributed by atoms with Crippen molar-refractivity contribution in [2.45, 2.75) is 36.6 Å². The highest BCUT2D eigenvalue weighted by molar-refractivity contribution is 7.92. The fourth-order valence-corrected chi connectivity index (χ4v) is 7.57. The average molecular weight is 652 g/mol. The summed E-state index contributed by atoms with van der Waals surface area (Å²) in [5, 5.41) is 9.24. The highest BCUT2D eigenvalue weighted by Crippen LogP contribution is 2.48. The van der Waals surface area contributed by atoms with E-state index in [0.717, 1.165) is 43.5 Å². The number of hydrogen-bond acceptors (Lipinski definition) is 5. The molecule has 1 fully saturated rings. The predicted molar refractivity (Wildman–Crippen MR) is 169 cm³/mol. The van der Waals surface area contributed by atoms with Gasteiger partial charge in [0.2, 0.25) is 11.8 Å². The van der Waals surface area contributed by atoms with E-state index in [1.807, 2.05) is 36.4 Å². The Balaban J connectivity index is 0.00000405. The van der Waals surface area contributed by atoms with Crippen LogP contribution >= 0.6 is 35.6 Å². The third-order valence-electron chi connectivity index (χ3n) is 7.64. The van der Waals surface area contributed by atoms with E-state index in [0.29, 0.717) is 23.7 Å². The third kappa shape index (κ3) is 7.03. The summed E-state index contributed by atoms with van der Waals surface area (Å²) in [4.78, 5) is 25.6. The Kier molecular flexibility index (Phi) is 10.8. The number of benzene rings is 3. The van der Waals surface area contributed by atoms with Gasteiger partial charge in [0.05, 0.1) is 39.6 Å². The zero-order chi connectivity index (χ0) is 29.0. The summed E-state index contributed by atoms with van der Waals surface area (Å²) in [6, 6.07) is 17.9. The van der Waals surface area contributed by atoms with Crippen LogP contribution in [0.4, 0.5) is 5.69 Å². The number of nitrogens with one attached hydrogen (secondary N) is 3. The first kappa shape index (κ1) is 32.1. The molecule has 8 nitrogen and oxygen atoms in total. The molecule has 3 aromatic carbocycles. The fraction of sp³-hybridized carbons (Fsp3) is 0.333. The lowest BCUT2D eigenvalue weighted by molar-refractivity contribution is -0.126. The van der Waals surface area contributed by atoms with Gasteiger partial charge in [-0.3, -0.25) is 13.9 Å². The normalized spacial score (nSPS) is 16.5. The molecule has 0 aromatic heterocycles. The van der Waals surface area contributed by atoms with Crippen molar-refractivity contribution in [1.82, 2.24) is 16.0 Å². The van der Waals surface area contributed by atoms with Gasteiger partial charge in [0.1, 0.15) is 0 Å². The maximum absolute atomic E-state index is 14.2. The molecule has 224 valence electrons. The summed E-state index contributed by atoms with van der Waals surface area (Å²) in [5.41, 5.74) is 2.72. The molecule has 5 rings (SSSR count). The lowest BCUT2D eigenvalue weighted by Gasteiger charge is -2.39. The van der Waals surface area contributed by atoms with E-state index in [1.165, 1.54) is 22.5 Å². The minimum Gasteiger partial charge on any atom is -0.355 e. The van der Waals surface area contributed by atoms with E-state index in [2.05, 4.69) is 16.0 Å². The lowest BCUT2D eigenvalue weighted by atomic mass is 9.88. The molecule has 0 aliphatic carbocycles. The summed E-state index contributed by atoms with van der Waals surface area (Å²) in [6.45, 7) is 2.37. The summed E-state index contributed by atoms with van der Waals surface area (Å²) in [5.74, 6) is -0.127.